The lowest BCUT2D eigenvalue weighted by molar-refractivity contribution is 0.806. The summed E-state index contributed by atoms with van der Waals surface area (Å²) in [4.78, 5) is 4.72. The first-order chi connectivity index (χ1) is 10.3. The zero-order valence-corrected chi connectivity index (χ0v) is 13.9. The van der Waals surface area contributed by atoms with Gasteiger partial charge in [-0.2, -0.15) is 0 Å². The summed E-state index contributed by atoms with van der Waals surface area (Å²) in [6.45, 7) is 3.07. The Morgan fingerprint density at radius 1 is 1.05 bits per heavy atom. The van der Waals surface area contributed by atoms with Gasteiger partial charge in [-0.1, -0.05) is 59.6 Å². The van der Waals surface area contributed by atoms with Crippen molar-refractivity contribution in [2.24, 2.45) is 4.99 Å². The fraction of sp³-hybridized carbons (Fsp3) is 0.278. The molecular formula is C18H21BrN2. The largest absolute Gasteiger partial charge is 0.344 e. The first-order valence-electron chi connectivity index (χ1n) is 7.38. The summed E-state index contributed by atoms with van der Waals surface area (Å²) in [5, 5.41) is 3.44. The van der Waals surface area contributed by atoms with E-state index >= 15 is 0 Å². The second-order valence-electron chi connectivity index (χ2n) is 4.98. The maximum Gasteiger partial charge on any atom is 0.105 e. The van der Waals surface area contributed by atoms with E-state index in [0.29, 0.717) is 0 Å². The predicted molar refractivity (Wildman–Crippen MR) is 95.1 cm³/mol. The topological polar surface area (TPSA) is 24.4 Å². The van der Waals surface area contributed by atoms with Crippen LogP contribution in [0.15, 0.2) is 64.1 Å². The van der Waals surface area contributed by atoms with Gasteiger partial charge in [0.25, 0.3) is 0 Å². The van der Waals surface area contributed by atoms with E-state index < -0.39 is 0 Å². The van der Waals surface area contributed by atoms with E-state index in [1.165, 1.54) is 12.0 Å². The molecule has 0 aliphatic carbocycles. The van der Waals surface area contributed by atoms with Crippen LogP contribution in [-0.2, 0) is 6.42 Å². The van der Waals surface area contributed by atoms with Crippen LogP contribution in [0.4, 0.5) is 5.69 Å². The van der Waals surface area contributed by atoms with Crippen LogP contribution in [-0.4, -0.2) is 12.4 Å². The van der Waals surface area contributed by atoms with Crippen LogP contribution in [0.2, 0.25) is 0 Å². The number of aliphatic imine (C=N–C) groups is 1. The zero-order chi connectivity index (χ0) is 14.9. The van der Waals surface area contributed by atoms with Crippen LogP contribution in [0.3, 0.4) is 0 Å². The number of halogens is 1. The molecule has 2 aromatic carbocycles. The summed E-state index contributed by atoms with van der Waals surface area (Å²) >= 11 is 3.46. The van der Waals surface area contributed by atoms with Gasteiger partial charge in [-0.3, -0.25) is 4.99 Å². The Hall–Kier alpha value is -1.61. The van der Waals surface area contributed by atoms with E-state index in [1.807, 2.05) is 18.2 Å². The van der Waals surface area contributed by atoms with Gasteiger partial charge in [0.2, 0.25) is 0 Å². The number of nitrogens with zero attached hydrogens (tertiary/aromatic N) is 1. The van der Waals surface area contributed by atoms with E-state index in [4.69, 9.17) is 4.99 Å². The summed E-state index contributed by atoms with van der Waals surface area (Å²) in [5.74, 6) is 1.02. The molecule has 0 amide bonds. The van der Waals surface area contributed by atoms with Crippen LogP contribution in [0.1, 0.15) is 25.3 Å². The third-order valence-electron chi connectivity index (χ3n) is 3.16. The van der Waals surface area contributed by atoms with Crippen molar-refractivity contribution >= 4 is 27.5 Å². The fourth-order valence-corrected chi connectivity index (χ4v) is 2.27. The molecule has 0 spiro atoms. The number of hydrogen-bond donors (Lipinski definition) is 1. The number of nitrogens with one attached hydrogen (secondary N) is 1. The minimum Gasteiger partial charge on any atom is -0.344 e. The summed E-state index contributed by atoms with van der Waals surface area (Å²) in [5.41, 5.74) is 2.35. The average Bonchev–Trinajstić information content (AvgIpc) is 2.51. The number of anilines is 1. The van der Waals surface area contributed by atoms with Crippen molar-refractivity contribution in [3.63, 3.8) is 0 Å². The van der Waals surface area contributed by atoms with Crippen molar-refractivity contribution in [3.05, 3.63) is 64.6 Å². The lowest BCUT2D eigenvalue weighted by Gasteiger charge is -2.11. The molecule has 0 fully saturated rings. The minimum atomic E-state index is 0.834. The highest BCUT2D eigenvalue weighted by Crippen LogP contribution is 2.15. The second-order valence-corrected chi connectivity index (χ2v) is 5.89. The van der Waals surface area contributed by atoms with E-state index in [1.54, 1.807) is 0 Å². The van der Waals surface area contributed by atoms with Crippen molar-refractivity contribution < 1.29 is 0 Å². The molecule has 110 valence electrons. The second kappa shape index (κ2) is 8.63. The third kappa shape index (κ3) is 5.72. The molecule has 21 heavy (non-hydrogen) atoms. The highest BCUT2D eigenvalue weighted by atomic mass is 79.9. The van der Waals surface area contributed by atoms with Gasteiger partial charge in [0.1, 0.15) is 5.84 Å². The molecule has 0 radical (unpaired) electrons. The van der Waals surface area contributed by atoms with Crippen LogP contribution in [0, 0.1) is 0 Å². The molecule has 2 aromatic rings. The molecule has 0 atom stereocenters. The normalized spacial score (nSPS) is 11.4. The van der Waals surface area contributed by atoms with E-state index in [2.05, 4.69) is 64.6 Å². The number of benzene rings is 2. The molecule has 3 heteroatoms. The quantitative estimate of drug-likeness (QED) is 0.429. The van der Waals surface area contributed by atoms with Crippen LogP contribution < -0.4 is 5.32 Å². The van der Waals surface area contributed by atoms with E-state index in [-0.39, 0.29) is 0 Å². The van der Waals surface area contributed by atoms with Gasteiger partial charge in [0.05, 0.1) is 0 Å². The summed E-state index contributed by atoms with van der Waals surface area (Å²) in [6.07, 6.45) is 3.13. The molecule has 0 bridgehead atoms. The third-order valence-corrected chi connectivity index (χ3v) is 3.69. The molecule has 0 heterocycles. The summed E-state index contributed by atoms with van der Waals surface area (Å²) < 4.78 is 1.08. The molecule has 0 saturated carbocycles. The number of rotatable bonds is 6. The van der Waals surface area contributed by atoms with E-state index in [9.17, 15) is 0 Å². The zero-order valence-electron chi connectivity index (χ0n) is 12.3. The van der Waals surface area contributed by atoms with Crippen molar-refractivity contribution in [3.8, 4) is 0 Å². The summed E-state index contributed by atoms with van der Waals surface area (Å²) in [6, 6.07) is 18.6. The lowest BCUT2D eigenvalue weighted by Crippen LogP contribution is -2.16. The minimum absolute atomic E-state index is 0.834. The first kappa shape index (κ1) is 15.8. The summed E-state index contributed by atoms with van der Waals surface area (Å²) in [7, 11) is 0. The Morgan fingerprint density at radius 3 is 2.43 bits per heavy atom. The molecule has 0 aliphatic rings. The van der Waals surface area contributed by atoms with Gasteiger partial charge in [-0.05, 0) is 36.2 Å². The van der Waals surface area contributed by atoms with Gasteiger partial charge in [0.15, 0.2) is 0 Å². The Bertz CT molecular complexity index is 562. The van der Waals surface area contributed by atoms with Gasteiger partial charge < -0.3 is 5.32 Å². The van der Waals surface area contributed by atoms with Crippen LogP contribution >= 0.6 is 15.9 Å². The number of unbranched alkanes of at least 4 members (excludes halogenated alkanes) is 1. The monoisotopic (exact) mass is 344 g/mol. The molecule has 0 saturated heterocycles. The van der Waals surface area contributed by atoms with Crippen LogP contribution in [0.5, 0.6) is 0 Å². The van der Waals surface area contributed by atoms with Crippen LogP contribution in [0.25, 0.3) is 0 Å². The van der Waals surface area contributed by atoms with Gasteiger partial charge in [0, 0.05) is 23.1 Å². The van der Waals surface area contributed by atoms with Crippen molar-refractivity contribution in [2.45, 2.75) is 26.2 Å². The lowest BCUT2D eigenvalue weighted by atomic mass is 10.1. The molecular weight excluding hydrogens is 324 g/mol. The van der Waals surface area contributed by atoms with Crippen molar-refractivity contribution in [1.29, 1.82) is 0 Å². The van der Waals surface area contributed by atoms with Gasteiger partial charge in [-0.25, -0.2) is 0 Å². The molecule has 0 aromatic heterocycles. The Balaban J connectivity index is 2.08. The predicted octanol–water partition coefficient (Wildman–Crippen LogP) is 5.30. The number of hydrogen-bond acceptors (Lipinski definition) is 1. The Morgan fingerprint density at radius 2 is 1.76 bits per heavy atom. The molecule has 1 N–H and O–H groups in total. The smallest absolute Gasteiger partial charge is 0.105 e. The highest BCUT2D eigenvalue weighted by molar-refractivity contribution is 9.10. The average molecular weight is 345 g/mol. The molecule has 2 rings (SSSR count). The fourth-order valence-electron chi connectivity index (χ4n) is 2.00. The van der Waals surface area contributed by atoms with Gasteiger partial charge in [-0.15, -0.1) is 0 Å². The molecule has 0 unspecified atom stereocenters. The first-order valence-corrected chi connectivity index (χ1v) is 8.17. The maximum absolute atomic E-state index is 4.72. The highest BCUT2D eigenvalue weighted by Gasteiger charge is 2.02. The van der Waals surface area contributed by atoms with Crippen molar-refractivity contribution in [2.75, 3.05) is 11.9 Å². The molecule has 0 aliphatic heterocycles. The SMILES string of the molecule is CCCCN=C(Cc1ccccc1)Nc1ccc(Br)cc1. The Labute approximate surface area is 135 Å². The van der Waals surface area contributed by atoms with Gasteiger partial charge >= 0.3 is 0 Å². The maximum atomic E-state index is 4.72. The van der Waals surface area contributed by atoms with Crippen molar-refractivity contribution in [1.82, 2.24) is 0 Å². The Kier molecular flexibility index (Phi) is 6.48. The number of amidine groups is 1. The van der Waals surface area contributed by atoms with E-state index in [0.717, 1.165) is 35.4 Å². The standard InChI is InChI=1S/C18H21BrN2/c1-2-3-13-20-18(14-15-7-5-4-6-8-15)21-17-11-9-16(19)10-12-17/h4-12H,2-3,13-14H2,1H3,(H,20,21). The molecule has 2 nitrogen and oxygen atoms in total.